The average molecular weight is 131 g/mol. The topological polar surface area (TPSA) is 49.7 Å². The molecule has 0 radical (unpaired) electrons. The summed E-state index contributed by atoms with van der Waals surface area (Å²) < 4.78 is 3.63. The van der Waals surface area contributed by atoms with E-state index < -0.39 is 5.44 Å². The molecule has 0 fully saturated rings. The van der Waals surface area contributed by atoms with E-state index in [9.17, 15) is 4.79 Å². The number of ketones is 1. The Morgan fingerprint density at radius 2 is 2.50 bits per heavy atom. The summed E-state index contributed by atoms with van der Waals surface area (Å²) in [4.78, 5) is 10.5. The second-order valence-corrected chi connectivity index (χ2v) is 2.34. The number of rotatable bonds is 0. The van der Waals surface area contributed by atoms with E-state index in [1.54, 1.807) is 6.92 Å². The maximum Gasteiger partial charge on any atom is 0.217 e. The van der Waals surface area contributed by atoms with E-state index >= 15 is 0 Å². The van der Waals surface area contributed by atoms with Crippen molar-refractivity contribution in [2.24, 2.45) is 4.40 Å². The molecule has 1 unspecified atom stereocenters. The third kappa shape index (κ3) is 0.763. The molecular weight excluding hydrogens is 126 g/mol. The Morgan fingerprint density at radius 1 is 1.88 bits per heavy atom. The lowest BCUT2D eigenvalue weighted by Gasteiger charge is -1.90. The van der Waals surface area contributed by atoms with E-state index in [1.807, 2.05) is 0 Å². The number of carbonyl (C=O) groups is 1. The highest BCUT2D eigenvalue weighted by atomic mass is 32.2. The van der Waals surface area contributed by atoms with Crippen LogP contribution in [0.15, 0.2) is 4.40 Å². The summed E-state index contributed by atoms with van der Waals surface area (Å²) in [5, 5.41) is 8.67. The summed E-state index contributed by atoms with van der Waals surface area (Å²) in [6.07, 6.45) is 0. The average Bonchev–Trinajstić information content (AvgIpc) is 1.98. The van der Waals surface area contributed by atoms with Gasteiger partial charge in [-0.3, -0.25) is 4.79 Å². The third-order valence-corrected chi connectivity index (χ3v) is 1.66. The van der Waals surface area contributed by atoms with Gasteiger partial charge in [-0.1, -0.05) is 0 Å². The summed E-state index contributed by atoms with van der Waals surface area (Å²) in [5.74, 6) is -0.269. The Bertz CT molecular complexity index is 154. The van der Waals surface area contributed by atoms with Crippen molar-refractivity contribution in [1.29, 1.82) is 0 Å². The van der Waals surface area contributed by atoms with Gasteiger partial charge in [0.2, 0.25) is 5.78 Å². The van der Waals surface area contributed by atoms with E-state index in [2.05, 4.69) is 4.40 Å². The first-order valence-corrected chi connectivity index (χ1v) is 2.98. The van der Waals surface area contributed by atoms with Gasteiger partial charge in [0, 0.05) is 11.9 Å². The smallest absolute Gasteiger partial charge is 0.217 e. The first kappa shape index (κ1) is 5.78. The van der Waals surface area contributed by atoms with Gasteiger partial charge in [-0.05, 0) is 6.92 Å². The van der Waals surface area contributed by atoms with E-state index in [0.29, 0.717) is 5.71 Å². The maximum atomic E-state index is 10.5. The van der Waals surface area contributed by atoms with Crippen LogP contribution < -0.4 is 0 Å². The Labute approximate surface area is 50.9 Å². The van der Waals surface area contributed by atoms with Crippen LogP contribution in [0, 0.1) is 0 Å². The Balaban J connectivity index is 2.73. The Morgan fingerprint density at radius 3 is 2.62 bits per heavy atom. The Kier molecular flexibility index (Phi) is 1.35. The number of aliphatic hydroxyl groups is 1. The molecule has 0 saturated heterocycles. The number of carbonyl (C=O) groups excluding carboxylic acids is 1. The number of hydrogen-bond donors (Lipinski definition) is 1. The maximum absolute atomic E-state index is 10.5. The van der Waals surface area contributed by atoms with Gasteiger partial charge in [0.25, 0.3) is 0 Å². The summed E-state index contributed by atoms with van der Waals surface area (Å²) >= 11 is 0.907. The van der Waals surface area contributed by atoms with Crippen molar-refractivity contribution >= 4 is 23.4 Å². The molecular formula is C4H5NO2S. The number of nitrogens with zero attached hydrogens (tertiary/aromatic N) is 1. The molecule has 1 aliphatic heterocycles. The summed E-state index contributed by atoms with van der Waals surface area (Å²) in [6, 6.07) is 0. The predicted molar refractivity (Wildman–Crippen MR) is 31.7 cm³/mol. The normalized spacial score (nSPS) is 28.5. The molecule has 44 valence electrons. The van der Waals surface area contributed by atoms with Crippen molar-refractivity contribution in [2.45, 2.75) is 12.4 Å². The summed E-state index contributed by atoms with van der Waals surface area (Å²) in [6.45, 7) is 1.59. The van der Waals surface area contributed by atoms with Crippen LogP contribution >= 0.6 is 11.9 Å². The van der Waals surface area contributed by atoms with Crippen molar-refractivity contribution in [3.63, 3.8) is 0 Å². The summed E-state index contributed by atoms with van der Waals surface area (Å²) in [7, 11) is 0. The minimum Gasteiger partial charge on any atom is -0.373 e. The second-order valence-electron chi connectivity index (χ2n) is 1.50. The minimum absolute atomic E-state index is 0.269. The van der Waals surface area contributed by atoms with Gasteiger partial charge in [0.15, 0.2) is 5.44 Å². The van der Waals surface area contributed by atoms with E-state index in [4.69, 9.17) is 5.11 Å². The molecule has 0 bridgehead atoms. The molecule has 8 heavy (non-hydrogen) atoms. The zero-order valence-electron chi connectivity index (χ0n) is 4.29. The van der Waals surface area contributed by atoms with Crippen molar-refractivity contribution in [2.75, 3.05) is 0 Å². The fraction of sp³-hybridized carbons (Fsp3) is 0.500. The lowest BCUT2D eigenvalue weighted by atomic mass is 10.3. The third-order valence-electron chi connectivity index (χ3n) is 0.870. The molecule has 1 heterocycles. The molecule has 0 amide bonds. The number of Topliss-reactive ketones (excluding diaryl/α,β-unsaturated/α-hetero) is 1. The predicted octanol–water partition coefficient (Wildman–Crippen LogP) is -0.00340. The largest absolute Gasteiger partial charge is 0.373 e. The second kappa shape index (κ2) is 1.87. The highest BCUT2D eigenvalue weighted by molar-refractivity contribution is 8.00. The van der Waals surface area contributed by atoms with Crippen molar-refractivity contribution < 1.29 is 9.90 Å². The van der Waals surface area contributed by atoms with Gasteiger partial charge in [-0.15, -0.1) is 0 Å². The number of aliphatic hydroxyl groups excluding tert-OH is 1. The van der Waals surface area contributed by atoms with Crippen LogP contribution in [0.3, 0.4) is 0 Å². The molecule has 0 aliphatic carbocycles. The molecule has 1 rings (SSSR count). The fourth-order valence-electron chi connectivity index (χ4n) is 0.401. The van der Waals surface area contributed by atoms with Crippen LogP contribution in [-0.2, 0) is 4.79 Å². The zero-order valence-corrected chi connectivity index (χ0v) is 5.10. The molecule has 0 aromatic heterocycles. The van der Waals surface area contributed by atoms with Crippen molar-refractivity contribution in [3.05, 3.63) is 0 Å². The van der Waals surface area contributed by atoms with Crippen molar-refractivity contribution in [3.8, 4) is 0 Å². The van der Waals surface area contributed by atoms with Crippen LogP contribution in [0.1, 0.15) is 6.92 Å². The van der Waals surface area contributed by atoms with E-state index in [-0.39, 0.29) is 5.78 Å². The van der Waals surface area contributed by atoms with Gasteiger partial charge in [-0.25, -0.2) is 4.40 Å². The standard InChI is InChI=1S/C4H5NO2S/c1-2-3(6)4(7)8-5-2/h4,7H,1H3. The lowest BCUT2D eigenvalue weighted by Crippen LogP contribution is -2.16. The quantitative estimate of drug-likeness (QED) is 0.471. The Hall–Kier alpha value is -0.350. The summed E-state index contributed by atoms with van der Waals surface area (Å²) in [5.41, 5.74) is -0.530. The molecule has 1 aliphatic rings. The van der Waals surface area contributed by atoms with Gasteiger partial charge in [0.1, 0.15) is 0 Å². The lowest BCUT2D eigenvalue weighted by molar-refractivity contribution is -0.116. The molecule has 1 atom stereocenters. The molecule has 3 nitrogen and oxygen atoms in total. The molecule has 0 saturated carbocycles. The minimum atomic E-state index is -0.935. The molecule has 1 N–H and O–H groups in total. The van der Waals surface area contributed by atoms with Crippen LogP contribution in [0.5, 0.6) is 0 Å². The van der Waals surface area contributed by atoms with E-state index in [1.165, 1.54) is 0 Å². The van der Waals surface area contributed by atoms with Crippen LogP contribution in [-0.4, -0.2) is 22.0 Å². The van der Waals surface area contributed by atoms with Gasteiger partial charge < -0.3 is 5.11 Å². The van der Waals surface area contributed by atoms with Crippen LogP contribution in [0.4, 0.5) is 0 Å². The fourth-order valence-corrected chi connectivity index (χ4v) is 1.01. The van der Waals surface area contributed by atoms with Crippen LogP contribution in [0.2, 0.25) is 0 Å². The molecule has 0 aromatic carbocycles. The SMILES string of the molecule is CC1=NSC(O)C1=O. The van der Waals surface area contributed by atoms with Gasteiger partial charge in [0.05, 0.1) is 5.71 Å². The van der Waals surface area contributed by atoms with Crippen molar-refractivity contribution in [1.82, 2.24) is 0 Å². The monoisotopic (exact) mass is 131 g/mol. The zero-order chi connectivity index (χ0) is 6.15. The van der Waals surface area contributed by atoms with Gasteiger partial charge >= 0.3 is 0 Å². The first-order valence-electron chi connectivity index (χ1n) is 2.14. The molecule has 0 spiro atoms. The van der Waals surface area contributed by atoms with Gasteiger partial charge in [-0.2, -0.15) is 0 Å². The first-order chi connectivity index (χ1) is 3.72. The van der Waals surface area contributed by atoms with E-state index in [0.717, 1.165) is 11.9 Å². The molecule has 4 heteroatoms. The van der Waals surface area contributed by atoms with Crippen LogP contribution in [0.25, 0.3) is 0 Å². The highest BCUT2D eigenvalue weighted by Crippen LogP contribution is 2.18. The number of hydrogen-bond acceptors (Lipinski definition) is 4. The highest BCUT2D eigenvalue weighted by Gasteiger charge is 2.24. The molecule has 0 aromatic rings.